The molecule has 34 heavy (non-hydrogen) atoms. The van der Waals surface area contributed by atoms with Gasteiger partial charge in [-0.15, -0.1) is 0 Å². The van der Waals surface area contributed by atoms with Crippen LogP contribution in [0.1, 0.15) is 54.8 Å². The summed E-state index contributed by atoms with van der Waals surface area (Å²) in [6.07, 6.45) is 7.16. The number of aliphatic imine (C=N–C) groups is 1. The Bertz CT molecular complexity index is 1080. The molecule has 0 aromatic heterocycles. The zero-order valence-corrected chi connectivity index (χ0v) is 19.8. The van der Waals surface area contributed by atoms with Crippen LogP contribution in [0.25, 0.3) is 6.08 Å². The molecule has 2 heterocycles. The Morgan fingerprint density at radius 1 is 1.03 bits per heavy atom. The molecule has 2 aromatic rings. The zero-order chi connectivity index (χ0) is 23.5. The van der Waals surface area contributed by atoms with Gasteiger partial charge in [-0.2, -0.15) is 0 Å². The molecular weight excluding hydrogens is 429 g/mol. The molecule has 5 nitrogen and oxygen atoms in total. The summed E-state index contributed by atoms with van der Waals surface area (Å²) in [5.41, 5.74) is 3.10. The van der Waals surface area contributed by atoms with Crippen molar-refractivity contribution >= 4 is 17.8 Å². The standard InChI is InChI=1S/C28H32FN3O2/c1-20-11-13-21(14-12-20)19-25-28(33)32(22-7-3-2-4-8-22)27(30-25)26(31-15-17-34-18-16-31)23-9-5-6-10-24(23)29/h5-6,9-14,19,22,26H,2-4,7-8,15-18H2,1H3/b25-19-. The van der Waals surface area contributed by atoms with Crippen LogP contribution in [0.15, 0.2) is 59.2 Å². The lowest BCUT2D eigenvalue weighted by atomic mass is 9.92. The van der Waals surface area contributed by atoms with Crippen molar-refractivity contribution < 1.29 is 13.9 Å². The molecule has 3 aliphatic rings. The van der Waals surface area contributed by atoms with Gasteiger partial charge in [-0.25, -0.2) is 9.38 Å². The largest absolute Gasteiger partial charge is 0.379 e. The second kappa shape index (κ2) is 10.2. The number of amidine groups is 1. The van der Waals surface area contributed by atoms with Gasteiger partial charge in [-0.05, 0) is 37.5 Å². The average Bonchev–Trinajstić information content (AvgIpc) is 3.18. The maximum Gasteiger partial charge on any atom is 0.278 e. The Morgan fingerprint density at radius 2 is 1.74 bits per heavy atom. The van der Waals surface area contributed by atoms with Crippen LogP contribution in [0, 0.1) is 12.7 Å². The molecule has 1 atom stereocenters. The Labute approximate surface area is 200 Å². The van der Waals surface area contributed by atoms with Gasteiger partial charge >= 0.3 is 0 Å². The summed E-state index contributed by atoms with van der Waals surface area (Å²) in [5.74, 6) is 0.313. The van der Waals surface area contributed by atoms with Crippen molar-refractivity contribution in [1.82, 2.24) is 9.80 Å². The molecule has 0 radical (unpaired) electrons. The Balaban J connectivity index is 1.61. The van der Waals surface area contributed by atoms with E-state index in [2.05, 4.69) is 4.90 Å². The molecule has 6 heteroatoms. The van der Waals surface area contributed by atoms with Crippen molar-refractivity contribution in [2.24, 2.45) is 4.99 Å². The monoisotopic (exact) mass is 461 g/mol. The topological polar surface area (TPSA) is 45.1 Å². The number of hydrogen-bond donors (Lipinski definition) is 0. The van der Waals surface area contributed by atoms with Gasteiger partial charge in [0.1, 0.15) is 17.3 Å². The van der Waals surface area contributed by atoms with E-state index in [4.69, 9.17) is 9.73 Å². The van der Waals surface area contributed by atoms with Crippen molar-refractivity contribution in [3.05, 3.63) is 76.7 Å². The van der Waals surface area contributed by atoms with Crippen LogP contribution < -0.4 is 0 Å². The minimum Gasteiger partial charge on any atom is -0.379 e. The van der Waals surface area contributed by atoms with Gasteiger partial charge in [0.25, 0.3) is 5.91 Å². The molecule has 178 valence electrons. The molecule has 1 unspecified atom stereocenters. The minimum absolute atomic E-state index is 0.0722. The summed E-state index contributed by atoms with van der Waals surface area (Å²) >= 11 is 0. The summed E-state index contributed by atoms with van der Waals surface area (Å²) in [5, 5.41) is 0. The molecule has 5 rings (SSSR count). The van der Waals surface area contributed by atoms with Crippen molar-refractivity contribution in [3.8, 4) is 0 Å². The lowest BCUT2D eigenvalue weighted by Gasteiger charge is -2.39. The fraction of sp³-hybridized carbons (Fsp3) is 0.429. The van der Waals surface area contributed by atoms with Crippen molar-refractivity contribution in [2.75, 3.05) is 26.3 Å². The lowest BCUT2D eigenvalue weighted by molar-refractivity contribution is -0.124. The number of aryl methyl sites for hydroxylation is 1. The number of amides is 1. The van der Waals surface area contributed by atoms with Gasteiger partial charge in [0.05, 0.1) is 19.3 Å². The number of rotatable bonds is 5. The summed E-state index contributed by atoms with van der Waals surface area (Å²) < 4.78 is 20.8. The zero-order valence-electron chi connectivity index (χ0n) is 19.8. The van der Waals surface area contributed by atoms with E-state index in [0.717, 1.165) is 31.2 Å². The van der Waals surface area contributed by atoms with Crippen LogP contribution in [0.5, 0.6) is 0 Å². The number of nitrogens with zero attached hydrogens (tertiary/aromatic N) is 3. The maximum absolute atomic E-state index is 15.2. The highest BCUT2D eigenvalue weighted by molar-refractivity contribution is 6.16. The summed E-state index contributed by atoms with van der Waals surface area (Å²) in [4.78, 5) is 22.8. The van der Waals surface area contributed by atoms with E-state index in [-0.39, 0.29) is 17.8 Å². The Morgan fingerprint density at radius 3 is 2.44 bits per heavy atom. The number of carbonyl (C=O) groups excluding carboxylic acids is 1. The molecule has 1 saturated carbocycles. The molecule has 0 spiro atoms. The van der Waals surface area contributed by atoms with Crippen LogP contribution in [-0.2, 0) is 9.53 Å². The van der Waals surface area contributed by atoms with Gasteiger partial charge < -0.3 is 4.74 Å². The van der Waals surface area contributed by atoms with Crippen LogP contribution in [0.2, 0.25) is 0 Å². The first-order valence-electron chi connectivity index (χ1n) is 12.4. The van der Waals surface area contributed by atoms with Crippen LogP contribution in [0.4, 0.5) is 4.39 Å². The van der Waals surface area contributed by atoms with Crippen LogP contribution in [-0.4, -0.2) is 53.9 Å². The highest BCUT2D eigenvalue weighted by atomic mass is 19.1. The van der Waals surface area contributed by atoms with E-state index in [1.54, 1.807) is 6.07 Å². The Kier molecular flexibility index (Phi) is 6.88. The predicted octanol–water partition coefficient (Wildman–Crippen LogP) is 5.12. The second-order valence-corrected chi connectivity index (χ2v) is 9.45. The van der Waals surface area contributed by atoms with Gasteiger partial charge in [-0.3, -0.25) is 14.6 Å². The van der Waals surface area contributed by atoms with Crippen LogP contribution in [0.3, 0.4) is 0 Å². The van der Waals surface area contributed by atoms with E-state index < -0.39 is 6.04 Å². The number of hydrogen-bond acceptors (Lipinski definition) is 4. The molecule has 2 fully saturated rings. The molecule has 2 aromatic carbocycles. The second-order valence-electron chi connectivity index (χ2n) is 9.45. The first-order chi connectivity index (χ1) is 16.6. The third kappa shape index (κ3) is 4.70. The number of benzene rings is 2. The number of ether oxygens (including phenoxy) is 1. The average molecular weight is 462 g/mol. The van der Waals surface area contributed by atoms with Crippen molar-refractivity contribution in [3.63, 3.8) is 0 Å². The first kappa shape index (κ1) is 22.9. The number of carbonyl (C=O) groups is 1. The van der Waals surface area contributed by atoms with Gasteiger partial charge in [0.15, 0.2) is 0 Å². The quantitative estimate of drug-likeness (QED) is 0.581. The summed E-state index contributed by atoms with van der Waals surface area (Å²) in [7, 11) is 0. The van der Waals surface area contributed by atoms with E-state index in [1.165, 1.54) is 18.1 Å². The van der Waals surface area contributed by atoms with E-state index in [0.29, 0.717) is 43.4 Å². The molecule has 1 aliphatic carbocycles. The van der Waals surface area contributed by atoms with Gasteiger partial charge in [0, 0.05) is 24.7 Å². The van der Waals surface area contributed by atoms with E-state index >= 15 is 4.39 Å². The summed E-state index contributed by atoms with van der Waals surface area (Å²) in [6.45, 7) is 4.55. The third-order valence-corrected chi connectivity index (χ3v) is 7.10. The smallest absolute Gasteiger partial charge is 0.278 e. The Hall–Kier alpha value is -2.83. The highest BCUT2D eigenvalue weighted by Gasteiger charge is 2.42. The van der Waals surface area contributed by atoms with Crippen molar-refractivity contribution in [1.29, 1.82) is 0 Å². The molecule has 2 aliphatic heterocycles. The number of morpholine rings is 1. The molecule has 1 amide bonds. The third-order valence-electron chi connectivity index (χ3n) is 7.10. The van der Waals surface area contributed by atoms with E-state index in [1.807, 2.05) is 54.3 Å². The minimum atomic E-state index is -0.431. The van der Waals surface area contributed by atoms with E-state index in [9.17, 15) is 4.79 Å². The van der Waals surface area contributed by atoms with Crippen molar-refractivity contribution in [2.45, 2.75) is 51.1 Å². The predicted molar refractivity (Wildman–Crippen MR) is 132 cm³/mol. The normalized spacial score (nSPS) is 22.3. The molecular formula is C28H32FN3O2. The summed E-state index contributed by atoms with van der Waals surface area (Å²) in [6, 6.07) is 14.6. The maximum atomic E-state index is 15.2. The molecule has 0 N–H and O–H groups in total. The lowest BCUT2D eigenvalue weighted by Crippen LogP contribution is -2.50. The van der Waals surface area contributed by atoms with Gasteiger partial charge in [-0.1, -0.05) is 67.3 Å². The number of halogens is 1. The van der Waals surface area contributed by atoms with Crippen LogP contribution >= 0.6 is 0 Å². The fourth-order valence-corrected chi connectivity index (χ4v) is 5.28. The SMILES string of the molecule is Cc1ccc(/C=C2\N=C(C(c3ccccc3F)N3CCOCC3)N(C3CCCCC3)C2=O)cc1. The molecule has 1 saturated heterocycles. The molecule has 0 bridgehead atoms. The highest BCUT2D eigenvalue weighted by Crippen LogP contribution is 2.36. The first-order valence-corrected chi connectivity index (χ1v) is 12.4. The van der Waals surface area contributed by atoms with Gasteiger partial charge in [0.2, 0.25) is 0 Å². The fourth-order valence-electron chi connectivity index (χ4n) is 5.28.